The summed E-state index contributed by atoms with van der Waals surface area (Å²) in [5, 5.41) is 28.8. The molecule has 0 unspecified atom stereocenters. The van der Waals surface area contributed by atoms with Crippen molar-refractivity contribution in [2.75, 3.05) is 5.32 Å². The second-order valence-electron chi connectivity index (χ2n) is 3.92. The SMILES string of the molecule is Cc1cc(C=CC#N)cc(C)c1NC=C(C#N)C#N. The average Bonchev–Trinajstić information content (AvgIpc) is 2.40. The van der Waals surface area contributed by atoms with Crippen LogP contribution in [0.25, 0.3) is 6.08 Å². The Bertz CT molecular complexity index is 622. The predicted octanol–water partition coefficient (Wildman–Crippen LogP) is 3.18. The Hall–Kier alpha value is -3.03. The quantitative estimate of drug-likeness (QED) is 0.832. The Morgan fingerprint density at radius 2 is 1.68 bits per heavy atom. The molecule has 1 aromatic rings. The molecule has 0 aliphatic heterocycles. The summed E-state index contributed by atoms with van der Waals surface area (Å²) in [7, 11) is 0. The summed E-state index contributed by atoms with van der Waals surface area (Å²) in [5.41, 5.74) is 3.77. The van der Waals surface area contributed by atoms with Crippen LogP contribution in [0, 0.1) is 47.8 Å². The molecule has 19 heavy (non-hydrogen) atoms. The number of allylic oxidation sites excluding steroid dienone is 2. The van der Waals surface area contributed by atoms with Crippen LogP contribution in [0.2, 0.25) is 0 Å². The molecule has 0 bridgehead atoms. The van der Waals surface area contributed by atoms with Gasteiger partial charge in [0, 0.05) is 18.0 Å². The molecule has 0 aliphatic rings. The summed E-state index contributed by atoms with van der Waals surface area (Å²) >= 11 is 0. The van der Waals surface area contributed by atoms with Crippen LogP contribution >= 0.6 is 0 Å². The molecule has 4 heteroatoms. The second-order valence-corrected chi connectivity index (χ2v) is 3.92. The average molecular weight is 248 g/mol. The van der Waals surface area contributed by atoms with E-state index in [-0.39, 0.29) is 5.57 Å². The van der Waals surface area contributed by atoms with Crippen LogP contribution in [0.4, 0.5) is 5.69 Å². The molecule has 0 aromatic heterocycles. The number of nitrogens with zero attached hydrogens (tertiary/aromatic N) is 3. The Kier molecular flexibility index (Phi) is 4.91. The highest BCUT2D eigenvalue weighted by molar-refractivity contribution is 5.65. The molecule has 1 N–H and O–H groups in total. The molecule has 0 aliphatic carbocycles. The zero-order valence-corrected chi connectivity index (χ0v) is 10.7. The van der Waals surface area contributed by atoms with Gasteiger partial charge in [-0.1, -0.05) is 0 Å². The van der Waals surface area contributed by atoms with Crippen LogP contribution in [0.5, 0.6) is 0 Å². The fourth-order valence-corrected chi connectivity index (χ4v) is 1.69. The zero-order valence-electron chi connectivity index (χ0n) is 10.7. The summed E-state index contributed by atoms with van der Waals surface area (Å²) in [6, 6.07) is 9.38. The van der Waals surface area contributed by atoms with Crippen molar-refractivity contribution >= 4 is 11.8 Å². The van der Waals surface area contributed by atoms with Crippen LogP contribution in [0.1, 0.15) is 16.7 Å². The van der Waals surface area contributed by atoms with Gasteiger partial charge in [-0.3, -0.25) is 0 Å². The molecule has 1 rings (SSSR count). The highest BCUT2D eigenvalue weighted by Crippen LogP contribution is 2.23. The lowest BCUT2D eigenvalue weighted by atomic mass is 10.0. The van der Waals surface area contributed by atoms with E-state index in [0.717, 1.165) is 22.4 Å². The minimum absolute atomic E-state index is 0.0206. The van der Waals surface area contributed by atoms with Gasteiger partial charge >= 0.3 is 0 Å². The first-order chi connectivity index (χ1) is 9.12. The number of rotatable bonds is 3. The Morgan fingerprint density at radius 3 is 2.16 bits per heavy atom. The highest BCUT2D eigenvalue weighted by atomic mass is 14.8. The van der Waals surface area contributed by atoms with Crippen LogP contribution < -0.4 is 5.32 Å². The van der Waals surface area contributed by atoms with Crippen LogP contribution in [-0.2, 0) is 0 Å². The molecule has 1 aromatic carbocycles. The van der Waals surface area contributed by atoms with Crippen molar-refractivity contribution in [3.05, 3.63) is 46.7 Å². The smallest absolute Gasteiger partial charge is 0.145 e. The van der Waals surface area contributed by atoms with Crippen molar-refractivity contribution in [1.82, 2.24) is 0 Å². The standard InChI is InChI=1S/C15H12N4/c1-11-6-13(4-3-5-16)7-12(2)15(11)19-10-14(8-17)9-18/h3-4,6-7,10,19H,1-2H3. The molecule has 4 nitrogen and oxygen atoms in total. The van der Waals surface area contributed by atoms with Crippen molar-refractivity contribution in [3.8, 4) is 18.2 Å². The van der Waals surface area contributed by atoms with Crippen molar-refractivity contribution < 1.29 is 0 Å². The van der Waals surface area contributed by atoms with E-state index in [4.69, 9.17) is 15.8 Å². The number of nitriles is 3. The molecule has 0 radical (unpaired) electrons. The van der Waals surface area contributed by atoms with Crippen LogP contribution in [0.3, 0.4) is 0 Å². The monoisotopic (exact) mass is 248 g/mol. The van der Waals surface area contributed by atoms with E-state index in [0.29, 0.717) is 0 Å². The summed E-state index contributed by atoms with van der Waals surface area (Å²) in [5.74, 6) is 0. The maximum Gasteiger partial charge on any atom is 0.145 e. The van der Waals surface area contributed by atoms with Crippen molar-refractivity contribution in [1.29, 1.82) is 15.8 Å². The summed E-state index contributed by atoms with van der Waals surface area (Å²) in [4.78, 5) is 0. The van der Waals surface area contributed by atoms with E-state index >= 15 is 0 Å². The molecule has 0 amide bonds. The first-order valence-electron chi connectivity index (χ1n) is 5.56. The number of aryl methyl sites for hydroxylation is 2. The maximum atomic E-state index is 8.66. The van der Waals surface area contributed by atoms with Crippen LogP contribution in [-0.4, -0.2) is 0 Å². The zero-order chi connectivity index (χ0) is 14.3. The lowest BCUT2D eigenvalue weighted by molar-refractivity contribution is 1.34. The molecule has 0 saturated carbocycles. The van der Waals surface area contributed by atoms with Crippen LogP contribution in [0.15, 0.2) is 30.0 Å². The molecular weight excluding hydrogens is 236 g/mol. The van der Waals surface area contributed by atoms with Crippen molar-refractivity contribution in [3.63, 3.8) is 0 Å². The van der Waals surface area contributed by atoms with E-state index in [2.05, 4.69) is 5.32 Å². The van der Waals surface area contributed by atoms with Gasteiger partial charge in [0.1, 0.15) is 17.7 Å². The lowest BCUT2D eigenvalue weighted by Crippen LogP contribution is -1.96. The van der Waals surface area contributed by atoms with E-state index in [1.807, 2.05) is 32.0 Å². The number of hydrogen-bond acceptors (Lipinski definition) is 4. The van der Waals surface area contributed by atoms with Gasteiger partial charge in [0.15, 0.2) is 0 Å². The minimum atomic E-state index is 0.0206. The Morgan fingerprint density at radius 1 is 1.11 bits per heavy atom. The number of benzene rings is 1. The molecule has 0 atom stereocenters. The largest absolute Gasteiger partial charge is 0.359 e. The van der Waals surface area contributed by atoms with Gasteiger partial charge in [-0.15, -0.1) is 0 Å². The first-order valence-corrected chi connectivity index (χ1v) is 5.56. The van der Waals surface area contributed by atoms with E-state index < -0.39 is 0 Å². The summed E-state index contributed by atoms with van der Waals surface area (Å²) < 4.78 is 0. The third-order valence-corrected chi connectivity index (χ3v) is 2.51. The third kappa shape index (κ3) is 3.73. The van der Waals surface area contributed by atoms with Crippen molar-refractivity contribution in [2.24, 2.45) is 0 Å². The topological polar surface area (TPSA) is 83.4 Å². The fourth-order valence-electron chi connectivity index (χ4n) is 1.69. The molecule has 0 saturated heterocycles. The van der Waals surface area contributed by atoms with Gasteiger partial charge in [0.2, 0.25) is 0 Å². The fraction of sp³-hybridized carbons (Fsp3) is 0.133. The number of nitrogens with one attached hydrogen (secondary N) is 1. The maximum absolute atomic E-state index is 8.66. The number of anilines is 1. The van der Waals surface area contributed by atoms with E-state index in [9.17, 15) is 0 Å². The molecule has 0 spiro atoms. The summed E-state index contributed by atoms with van der Waals surface area (Å²) in [6.45, 7) is 3.84. The predicted molar refractivity (Wildman–Crippen MR) is 73.5 cm³/mol. The molecule has 92 valence electrons. The molecular formula is C15H12N4. The van der Waals surface area contributed by atoms with Gasteiger partial charge in [-0.05, 0) is 48.7 Å². The second kappa shape index (κ2) is 6.64. The molecule has 0 fully saturated rings. The van der Waals surface area contributed by atoms with Gasteiger partial charge in [0.25, 0.3) is 0 Å². The van der Waals surface area contributed by atoms with Gasteiger partial charge in [0.05, 0.1) is 6.07 Å². The Labute approximate surface area is 112 Å². The van der Waals surface area contributed by atoms with Gasteiger partial charge in [-0.25, -0.2) is 0 Å². The van der Waals surface area contributed by atoms with Gasteiger partial charge < -0.3 is 5.32 Å². The van der Waals surface area contributed by atoms with Gasteiger partial charge in [-0.2, -0.15) is 15.8 Å². The molecule has 0 heterocycles. The lowest BCUT2D eigenvalue weighted by Gasteiger charge is -2.10. The minimum Gasteiger partial charge on any atom is -0.359 e. The Balaban J connectivity index is 3.10. The highest BCUT2D eigenvalue weighted by Gasteiger charge is 2.03. The third-order valence-electron chi connectivity index (χ3n) is 2.51. The number of hydrogen-bond donors (Lipinski definition) is 1. The van der Waals surface area contributed by atoms with E-state index in [1.165, 1.54) is 12.3 Å². The van der Waals surface area contributed by atoms with Crippen molar-refractivity contribution in [2.45, 2.75) is 13.8 Å². The van der Waals surface area contributed by atoms with E-state index in [1.54, 1.807) is 18.2 Å². The first kappa shape index (κ1) is 14.0. The summed E-state index contributed by atoms with van der Waals surface area (Å²) in [6.07, 6.45) is 4.54. The normalized spacial score (nSPS) is 9.21.